The Morgan fingerprint density at radius 3 is 1.76 bits per heavy atom. The summed E-state index contributed by atoms with van der Waals surface area (Å²) in [5, 5.41) is -0.105. The Bertz CT molecular complexity index is 344. The number of hydrogen-bond acceptors (Lipinski definition) is 0. The van der Waals surface area contributed by atoms with Crippen LogP contribution in [0.2, 0.25) is 0 Å². The van der Waals surface area contributed by atoms with Crippen LogP contribution in [-0.2, 0) is 6.18 Å². The van der Waals surface area contributed by atoms with E-state index in [2.05, 4.69) is 0 Å². The maximum absolute atomic E-state index is 12.4. The maximum atomic E-state index is 12.4. The van der Waals surface area contributed by atoms with Crippen LogP contribution in [-0.4, -0.2) is 5.38 Å². The summed E-state index contributed by atoms with van der Waals surface area (Å²) in [5.41, 5.74) is 0.237. The summed E-state index contributed by atoms with van der Waals surface area (Å²) in [6.45, 7) is 5.90. The maximum Gasteiger partial charge on any atom is 0.416 e. The summed E-state index contributed by atoms with van der Waals surface area (Å²) in [5.74, 6) is 0.359. The van der Waals surface area contributed by atoms with Crippen molar-refractivity contribution in [3.63, 3.8) is 0 Å². The molecule has 0 N–H and O–H groups in total. The lowest BCUT2D eigenvalue weighted by Gasteiger charge is -2.24. The van der Waals surface area contributed by atoms with Crippen molar-refractivity contribution in [2.75, 3.05) is 0 Å². The standard InChI is InChI=1S/C13H16ClF3/c1-8(2)12(9(3)14)10-4-6-11(7-5-10)13(15,16)17/h4-9,12H,1-3H3. The van der Waals surface area contributed by atoms with E-state index in [4.69, 9.17) is 11.6 Å². The molecule has 4 heteroatoms. The van der Waals surface area contributed by atoms with Crippen LogP contribution >= 0.6 is 11.6 Å². The molecule has 0 aliphatic carbocycles. The van der Waals surface area contributed by atoms with Crippen LogP contribution < -0.4 is 0 Å². The molecule has 0 aromatic heterocycles. The van der Waals surface area contributed by atoms with E-state index in [1.54, 1.807) is 0 Å². The SMILES string of the molecule is CC(C)C(c1ccc(C(F)(F)F)cc1)C(C)Cl. The fourth-order valence-corrected chi connectivity index (χ4v) is 2.51. The first kappa shape index (κ1) is 14.4. The van der Waals surface area contributed by atoms with Gasteiger partial charge in [-0.3, -0.25) is 0 Å². The summed E-state index contributed by atoms with van der Waals surface area (Å²) < 4.78 is 37.2. The van der Waals surface area contributed by atoms with E-state index in [0.717, 1.165) is 17.7 Å². The first-order valence-corrected chi connectivity index (χ1v) is 5.98. The summed E-state index contributed by atoms with van der Waals surface area (Å²) in [7, 11) is 0. The predicted molar refractivity (Wildman–Crippen MR) is 64.3 cm³/mol. The largest absolute Gasteiger partial charge is 0.416 e. The van der Waals surface area contributed by atoms with Crippen molar-refractivity contribution in [2.45, 2.75) is 38.2 Å². The lowest BCUT2D eigenvalue weighted by atomic mass is 9.86. The van der Waals surface area contributed by atoms with Crippen molar-refractivity contribution in [2.24, 2.45) is 5.92 Å². The Labute approximate surface area is 105 Å². The van der Waals surface area contributed by atoms with Gasteiger partial charge in [-0.1, -0.05) is 26.0 Å². The van der Waals surface area contributed by atoms with Gasteiger partial charge >= 0.3 is 6.18 Å². The third-order valence-corrected chi connectivity index (χ3v) is 3.11. The van der Waals surface area contributed by atoms with Crippen LogP contribution in [0, 0.1) is 5.92 Å². The number of alkyl halides is 4. The molecule has 0 aliphatic heterocycles. The Kier molecular flexibility index (Phi) is 4.48. The summed E-state index contributed by atoms with van der Waals surface area (Å²) >= 11 is 6.08. The van der Waals surface area contributed by atoms with E-state index in [9.17, 15) is 13.2 Å². The highest BCUT2D eigenvalue weighted by molar-refractivity contribution is 6.20. The molecule has 0 spiro atoms. The smallest absolute Gasteiger partial charge is 0.166 e. The first-order valence-electron chi connectivity index (χ1n) is 5.54. The molecule has 1 aromatic rings. The molecule has 2 unspecified atom stereocenters. The van der Waals surface area contributed by atoms with Crippen LogP contribution in [0.3, 0.4) is 0 Å². The molecule has 0 radical (unpaired) electrons. The van der Waals surface area contributed by atoms with Crippen LogP contribution in [0.15, 0.2) is 24.3 Å². The molecule has 1 rings (SSSR count). The average Bonchev–Trinajstić information content (AvgIpc) is 2.15. The quantitative estimate of drug-likeness (QED) is 0.669. The number of hydrogen-bond donors (Lipinski definition) is 0. The minimum atomic E-state index is -4.28. The van der Waals surface area contributed by atoms with Gasteiger partial charge in [0.25, 0.3) is 0 Å². The molecule has 96 valence electrons. The Hall–Kier alpha value is -0.700. The van der Waals surface area contributed by atoms with E-state index in [0.29, 0.717) is 5.92 Å². The van der Waals surface area contributed by atoms with Crippen LogP contribution in [0.25, 0.3) is 0 Å². The molecule has 0 aliphatic rings. The number of rotatable bonds is 3. The summed E-state index contributed by atoms with van der Waals surface area (Å²) in [6, 6.07) is 5.27. The fraction of sp³-hybridized carbons (Fsp3) is 0.538. The van der Waals surface area contributed by atoms with E-state index in [-0.39, 0.29) is 11.3 Å². The molecule has 0 saturated carbocycles. The third-order valence-electron chi connectivity index (χ3n) is 2.84. The second-order valence-electron chi connectivity index (χ2n) is 4.57. The number of halogens is 4. The minimum Gasteiger partial charge on any atom is -0.166 e. The van der Waals surface area contributed by atoms with Crippen molar-refractivity contribution in [1.29, 1.82) is 0 Å². The molecule has 1 aromatic carbocycles. The molecular weight excluding hydrogens is 249 g/mol. The monoisotopic (exact) mass is 264 g/mol. The zero-order chi connectivity index (χ0) is 13.2. The van der Waals surface area contributed by atoms with Gasteiger partial charge in [0.2, 0.25) is 0 Å². The van der Waals surface area contributed by atoms with Gasteiger partial charge in [-0.05, 0) is 30.5 Å². The van der Waals surface area contributed by atoms with Gasteiger partial charge in [-0.15, -0.1) is 11.6 Å². The Morgan fingerprint density at radius 2 is 1.47 bits per heavy atom. The summed E-state index contributed by atoms with van der Waals surface area (Å²) in [6.07, 6.45) is -4.28. The van der Waals surface area contributed by atoms with E-state index in [1.165, 1.54) is 12.1 Å². The van der Waals surface area contributed by atoms with Crippen LogP contribution in [0.5, 0.6) is 0 Å². The highest BCUT2D eigenvalue weighted by atomic mass is 35.5. The molecule has 17 heavy (non-hydrogen) atoms. The molecular formula is C13H16ClF3. The first-order chi connectivity index (χ1) is 7.73. The highest BCUT2D eigenvalue weighted by Crippen LogP contribution is 2.34. The minimum absolute atomic E-state index is 0.0685. The van der Waals surface area contributed by atoms with Crippen molar-refractivity contribution >= 4 is 11.6 Å². The van der Waals surface area contributed by atoms with Gasteiger partial charge in [0.15, 0.2) is 0 Å². The van der Waals surface area contributed by atoms with E-state index < -0.39 is 11.7 Å². The topological polar surface area (TPSA) is 0 Å². The molecule has 0 fully saturated rings. The molecule has 0 heterocycles. The average molecular weight is 265 g/mol. The Balaban J connectivity index is 3.01. The normalized spacial score (nSPS) is 16.0. The second kappa shape index (κ2) is 5.30. The highest BCUT2D eigenvalue weighted by Gasteiger charge is 2.30. The second-order valence-corrected chi connectivity index (χ2v) is 5.26. The third kappa shape index (κ3) is 3.63. The zero-order valence-electron chi connectivity index (χ0n) is 10.1. The number of benzene rings is 1. The molecule has 2 atom stereocenters. The van der Waals surface area contributed by atoms with E-state index >= 15 is 0 Å². The van der Waals surface area contributed by atoms with Crippen LogP contribution in [0.1, 0.15) is 37.8 Å². The van der Waals surface area contributed by atoms with Crippen LogP contribution in [0.4, 0.5) is 13.2 Å². The molecule has 0 nitrogen and oxygen atoms in total. The predicted octanol–water partition coefficient (Wildman–Crippen LogP) is 5.07. The van der Waals surface area contributed by atoms with Crippen molar-refractivity contribution < 1.29 is 13.2 Å². The van der Waals surface area contributed by atoms with Gasteiger partial charge in [0, 0.05) is 11.3 Å². The van der Waals surface area contributed by atoms with Gasteiger partial charge < -0.3 is 0 Å². The fourth-order valence-electron chi connectivity index (χ4n) is 2.07. The van der Waals surface area contributed by atoms with Crippen molar-refractivity contribution in [3.05, 3.63) is 35.4 Å². The lowest BCUT2D eigenvalue weighted by molar-refractivity contribution is -0.137. The lowest BCUT2D eigenvalue weighted by Crippen LogP contribution is -2.16. The Morgan fingerprint density at radius 1 is 1.00 bits per heavy atom. The van der Waals surface area contributed by atoms with Crippen molar-refractivity contribution in [3.8, 4) is 0 Å². The molecule has 0 bridgehead atoms. The van der Waals surface area contributed by atoms with E-state index in [1.807, 2.05) is 20.8 Å². The summed E-state index contributed by atoms with van der Waals surface area (Å²) in [4.78, 5) is 0. The van der Waals surface area contributed by atoms with Gasteiger partial charge in [0.05, 0.1) is 5.56 Å². The van der Waals surface area contributed by atoms with Gasteiger partial charge in [-0.2, -0.15) is 13.2 Å². The van der Waals surface area contributed by atoms with Gasteiger partial charge in [-0.25, -0.2) is 0 Å². The van der Waals surface area contributed by atoms with Gasteiger partial charge in [0.1, 0.15) is 0 Å². The molecule has 0 amide bonds. The zero-order valence-corrected chi connectivity index (χ0v) is 10.8. The molecule has 0 saturated heterocycles. The van der Waals surface area contributed by atoms with Crippen molar-refractivity contribution in [1.82, 2.24) is 0 Å².